The molecule has 0 unspecified atom stereocenters. The summed E-state index contributed by atoms with van der Waals surface area (Å²) in [5.41, 5.74) is 3.03. The summed E-state index contributed by atoms with van der Waals surface area (Å²) in [6, 6.07) is 19.1. The molecule has 0 N–H and O–H groups in total. The number of rotatable bonds is 5. The van der Waals surface area contributed by atoms with Crippen LogP contribution < -0.4 is 10.3 Å². The van der Waals surface area contributed by atoms with E-state index >= 15 is 0 Å². The van der Waals surface area contributed by atoms with Crippen molar-refractivity contribution in [2.75, 3.05) is 7.11 Å². The van der Waals surface area contributed by atoms with E-state index in [9.17, 15) is 4.79 Å². The maximum atomic E-state index is 12.8. The Labute approximate surface area is 170 Å². The van der Waals surface area contributed by atoms with Gasteiger partial charge in [-0.05, 0) is 35.7 Å². The average molecular weight is 403 g/mol. The molecule has 6 nitrogen and oxygen atoms in total. The Morgan fingerprint density at radius 1 is 1.10 bits per heavy atom. The largest absolute Gasteiger partial charge is 0.497 e. The Bertz CT molecular complexity index is 1330. The van der Waals surface area contributed by atoms with Gasteiger partial charge < -0.3 is 9.26 Å². The number of fused-ring (bicyclic) bond motifs is 1. The molecule has 2 aromatic carbocycles. The molecule has 0 fully saturated rings. The summed E-state index contributed by atoms with van der Waals surface area (Å²) in [6.45, 7) is 0.288. The van der Waals surface area contributed by atoms with Crippen LogP contribution in [0.1, 0.15) is 5.56 Å². The molecule has 29 heavy (non-hydrogen) atoms. The fourth-order valence-electron chi connectivity index (χ4n) is 3.29. The summed E-state index contributed by atoms with van der Waals surface area (Å²) in [5.74, 6) is 0.648. The molecule has 0 bridgehead atoms. The van der Waals surface area contributed by atoms with Gasteiger partial charge in [-0.1, -0.05) is 24.3 Å². The van der Waals surface area contributed by atoms with Crippen LogP contribution in [0.25, 0.3) is 27.2 Å². The highest BCUT2D eigenvalue weighted by Gasteiger charge is 2.17. The third kappa shape index (κ3) is 3.15. The van der Waals surface area contributed by atoms with Crippen LogP contribution in [-0.2, 0) is 6.54 Å². The van der Waals surface area contributed by atoms with Crippen LogP contribution in [0.15, 0.2) is 81.6 Å². The van der Waals surface area contributed by atoms with Crippen molar-refractivity contribution in [1.29, 1.82) is 0 Å². The van der Waals surface area contributed by atoms with Crippen molar-refractivity contribution >= 4 is 22.3 Å². The summed E-state index contributed by atoms with van der Waals surface area (Å²) in [7, 11) is 1.58. The predicted molar refractivity (Wildman–Crippen MR) is 113 cm³/mol. The number of methoxy groups -OCH3 is 1. The molecule has 0 aliphatic heterocycles. The molecule has 5 rings (SSSR count). The van der Waals surface area contributed by atoms with Crippen molar-refractivity contribution in [3.63, 3.8) is 0 Å². The molecule has 7 heteroatoms. The first-order valence-electron chi connectivity index (χ1n) is 9.08. The maximum Gasteiger partial charge on any atom is 0.290 e. The van der Waals surface area contributed by atoms with Gasteiger partial charge in [0.05, 0.1) is 29.6 Å². The normalized spacial score (nSPS) is 11.2. The van der Waals surface area contributed by atoms with Gasteiger partial charge in [-0.15, -0.1) is 11.3 Å². The van der Waals surface area contributed by atoms with Gasteiger partial charge in [0.25, 0.3) is 5.56 Å². The van der Waals surface area contributed by atoms with Crippen LogP contribution in [0, 0.1) is 0 Å². The number of hydrogen-bond acceptors (Lipinski definition) is 5. The van der Waals surface area contributed by atoms with E-state index in [4.69, 9.17) is 14.4 Å². The third-order valence-electron chi connectivity index (χ3n) is 4.73. The van der Waals surface area contributed by atoms with Crippen molar-refractivity contribution in [3.8, 4) is 22.0 Å². The second kappa shape index (κ2) is 7.10. The van der Waals surface area contributed by atoms with Crippen LogP contribution in [0.2, 0.25) is 0 Å². The van der Waals surface area contributed by atoms with E-state index in [1.165, 1.54) is 4.74 Å². The molecule has 0 radical (unpaired) electrons. The summed E-state index contributed by atoms with van der Waals surface area (Å²) in [6.07, 6.45) is 1.95. The zero-order chi connectivity index (χ0) is 19.8. The third-order valence-corrected chi connectivity index (χ3v) is 5.61. The topological polar surface area (TPSA) is 62.2 Å². The van der Waals surface area contributed by atoms with Crippen LogP contribution in [0.4, 0.5) is 0 Å². The second-order valence-corrected chi connectivity index (χ2v) is 7.50. The molecule has 0 saturated carbocycles. The number of hydrogen-bond donors (Lipinski definition) is 0. The molecular weight excluding hydrogens is 386 g/mol. The van der Waals surface area contributed by atoms with Gasteiger partial charge in [-0.3, -0.25) is 4.79 Å². The zero-order valence-electron chi connectivity index (χ0n) is 15.6. The van der Waals surface area contributed by atoms with Gasteiger partial charge in [0.15, 0.2) is 5.58 Å². The number of ether oxygens (including phenoxy) is 1. The van der Waals surface area contributed by atoms with Crippen molar-refractivity contribution in [1.82, 2.24) is 14.5 Å². The highest BCUT2D eigenvalue weighted by molar-refractivity contribution is 7.13. The first-order chi connectivity index (χ1) is 14.2. The minimum atomic E-state index is -0.174. The van der Waals surface area contributed by atoms with Gasteiger partial charge in [-0.25, -0.2) is 4.68 Å². The van der Waals surface area contributed by atoms with Gasteiger partial charge in [-0.2, -0.15) is 9.84 Å². The Morgan fingerprint density at radius 3 is 2.72 bits per heavy atom. The molecule has 0 saturated heterocycles. The van der Waals surface area contributed by atoms with E-state index in [1.54, 1.807) is 36.6 Å². The lowest BCUT2D eigenvalue weighted by atomic mass is 10.2. The zero-order valence-corrected chi connectivity index (χ0v) is 16.4. The number of benzene rings is 2. The quantitative estimate of drug-likeness (QED) is 0.431. The van der Waals surface area contributed by atoms with E-state index in [2.05, 4.69) is 0 Å². The highest BCUT2D eigenvalue weighted by Crippen LogP contribution is 2.28. The van der Waals surface area contributed by atoms with Crippen molar-refractivity contribution in [3.05, 3.63) is 88.2 Å². The number of para-hydroxylation sites is 1. The second-order valence-electron chi connectivity index (χ2n) is 6.56. The average Bonchev–Trinajstić information content (AvgIpc) is 3.49. The fourth-order valence-corrected chi connectivity index (χ4v) is 4.04. The lowest BCUT2D eigenvalue weighted by molar-refractivity contribution is 0.300. The molecule has 0 atom stereocenters. The monoisotopic (exact) mass is 403 g/mol. The van der Waals surface area contributed by atoms with E-state index in [0.717, 1.165) is 21.8 Å². The van der Waals surface area contributed by atoms with Gasteiger partial charge in [0.1, 0.15) is 11.4 Å². The summed E-state index contributed by atoms with van der Waals surface area (Å²) < 4.78 is 14.3. The van der Waals surface area contributed by atoms with Crippen molar-refractivity contribution in [2.24, 2.45) is 0 Å². The first kappa shape index (κ1) is 17.5. The molecule has 0 aliphatic rings. The van der Waals surface area contributed by atoms with Crippen LogP contribution in [-0.4, -0.2) is 21.6 Å². The standard InChI is InChI=1S/C22H17N3O3S/c1-27-17-9-10-18-19(12-17)28-25(22(18)26)14-15-13-24(16-6-3-2-4-7-16)23-21(15)20-8-5-11-29-20/h2-13H,14H2,1H3. The first-order valence-corrected chi connectivity index (χ1v) is 9.96. The van der Waals surface area contributed by atoms with E-state index in [1.807, 2.05) is 58.7 Å². The van der Waals surface area contributed by atoms with Crippen LogP contribution in [0.3, 0.4) is 0 Å². The van der Waals surface area contributed by atoms with Gasteiger partial charge in [0, 0.05) is 17.8 Å². The van der Waals surface area contributed by atoms with Crippen LogP contribution >= 0.6 is 11.3 Å². The molecule has 0 aliphatic carbocycles. The van der Waals surface area contributed by atoms with E-state index in [0.29, 0.717) is 16.7 Å². The van der Waals surface area contributed by atoms with E-state index in [-0.39, 0.29) is 12.1 Å². The lowest BCUT2D eigenvalue weighted by Gasteiger charge is -2.00. The van der Waals surface area contributed by atoms with E-state index < -0.39 is 0 Å². The predicted octanol–water partition coefficient (Wildman–Crippen LogP) is 4.57. The van der Waals surface area contributed by atoms with Crippen molar-refractivity contribution in [2.45, 2.75) is 6.54 Å². The maximum absolute atomic E-state index is 12.8. The van der Waals surface area contributed by atoms with Crippen LogP contribution in [0.5, 0.6) is 5.75 Å². The SMILES string of the molecule is COc1ccc2c(=O)n(Cc3cn(-c4ccccc4)nc3-c3cccs3)oc2c1. The highest BCUT2D eigenvalue weighted by atomic mass is 32.1. The Kier molecular flexibility index (Phi) is 4.29. The summed E-state index contributed by atoms with van der Waals surface area (Å²) >= 11 is 1.61. The van der Waals surface area contributed by atoms with Gasteiger partial charge >= 0.3 is 0 Å². The smallest absolute Gasteiger partial charge is 0.290 e. The molecule has 0 spiro atoms. The van der Waals surface area contributed by atoms with Gasteiger partial charge in [0.2, 0.25) is 0 Å². The Hall–Kier alpha value is -3.58. The Morgan fingerprint density at radius 2 is 1.97 bits per heavy atom. The molecule has 3 heterocycles. The van der Waals surface area contributed by atoms with Crippen molar-refractivity contribution < 1.29 is 9.26 Å². The molecule has 0 amide bonds. The summed E-state index contributed by atoms with van der Waals surface area (Å²) in [5, 5.41) is 7.32. The minimum absolute atomic E-state index is 0.174. The fraction of sp³-hybridized carbons (Fsp3) is 0.0909. The Balaban J connectivity index is 1.61. The molecule has 144 valence electrons. The number of aromatic nitrogens is 3. The molecular formula is C22H17N3O3S. The number of thiophene rings is 1. The minimum Gasteiger partial charge on any atom is -0.497 e. The molecule has 3 aromatic heterocycles. The summed E-state index contributed by atoms with van der Waals surface area (Å²) in [4.78, 5) is 13.9. The molecule has 5 aromatic rings. The lowest BCUT2D eigenvalue weighted by Crippen LogP contribution is -2.15. The number of nitrogens with zero attached hydrogens (tertiary/aromatic N) is 3.